The Labute approximate surface area is 239 Å². The Kier molecular flexibility index (Phi) is 9.91. The number of aliphatic hydroxyl groups excluding tert-OH is 2. The number of carbonyl (C=O) groups excluding carboxylic acids is 2. The predicted molar refractivity (Wildman–Crippen MR) is 147 cm³/mol. The summed E-state index contributed by atoms with van der Waals surface area (Å²) < 4.78 is 35.3. The van der Waals surface area contributed by atoms with Crippen LogP contribution in [0.1, 0.15) is 67.2 Å². The molecule has 9 unspecified atom stereocenters. The summed E-state index contributed by atoms with van der Waals surface area (Å²) in [4.78, 5) is 25.3. The molecule has 2 aliphatic carbocycles. The first-order valence-corrected chi connectivity index (χ1v) is 14.7. The van der Waals surface area contributed by atoms with E-state index in [4.69, 9.17) is 28.4 Å². The molecule has 226 valence electrons. The molecule has 2 aliphatic heterocycles. The SMILES string of the molecule is CC(C)(C)NC(=O)OC1CC2OCOC2CC(O)C=C1C1OC2CC(O)/C=C/C(OC(=O)SC(C)(C)C)CC2O1. The summed E-state index contributed by atoms with van der Waals surface area (Å²) in [6.07, 6.45) is -0.515. The molecule has 3 N–H and O–H groups in total. The molecular weight excluding hydrogens is 542 g/mol. The van der Waals surface area contributed by atoms with Crippen LogP contribution in [-0.2, 0) is 28.4 Å². The highest BCUT2D eigenvalue weighted by Crippen LogP contribution is 2.37. The van der Waals surface area contributed by atoms with E-state index in [9.17, 15) is 19.8 Å². The molecule has 0 aromatic heterocycles. The number of nitrogens with one attached hydrogen (secondary N) is 1. The zero-order valence-corrected chi connectivity index (χ0v) is 24.8. The molecule has 4 rings (SSSR count). The maximum absolute atomic E-state index is 12.8. The van der Waals surface area contributed by atoms with Crippen molar-refractivity contribution >= 4 is 23.2 Å². The van der Waals surface area contributed by atoms with Gasteiger partial charge in [-0.2, -0.15) is 0 Å². The van der Waals surface area contributed by atoms with Crippen molar-refractivity contribution in [2.45, 2.75) is 133 Å². The first-order valence-electron chi connectivity index (χ1n) is 13.8. The van der Waals surface area contributed by atoms with Crippen LogP contribution in [0.2, 0.25) is 0 Å². The lowest BCUT2D eigenvalue weighted by Gasteiger charge is -2.32. The molecule has 0 bridgehead atoms. The number of hydrogen-bond donors (Lipinski definition) is 3. The van der Waals surface area contributed by atoms with E-state index >= 15 is 0 Å². The van der Waals surface area contributed by atoms with E-state index in [1.807, 2.05) is 41.5 Å². The Morgan fingerprint density at radius 2 is 1.50 bits per heavy atom. The Bertz CT molecular complexity index is 973. The second kappa shape index (κ2) is 12.7. The third kappa shape index (κ3) is 8.91. The van der Waals surface area contributed by atoms with Crippen molar-refractivity contribution in [2.24, 2.45) is 0 Å². The quantitative estimate of drug-likeness (QED) is 0.331. The summed E-state index contributed by atoms with van der Waals surface area (Å²) >= 11 is 1.09. The van der Waals surface area contributed by atoms with Gasteiger partial charge in [0.05, 0.1) is 36.6 Å². The molecule has 2 heterocycles. The monoisotopic (exact) mass is 585 g/mol. The number of carbonyl (C=O) groups is 2. The first-order chi connectivity index (χ1) is 18.6. The average molecular weight is 586 g/mol. The van der Waals surface area contributed by atoms with E-state index in [2.05, 4.69) is 5.32 Å². The fraction of sp³-hybridized carbons (Fsp3) is 0.786. The molecule has 40 heavy (non-hydrogen) atoms. The summed E-state index contributed by atoms with van der Waals surface area (Å²) in [5.74, 6) is 0. The van der Waals surface area contributed by atoms with Crippen LogP contribution in [-0.4, -0.2) is 93.8 Å². The third-order valence-corrected chi connectivity index (χ3v) is 7.66. The van der Waals surface area contributed by atoms with Gasteiger partial charge in [-0.25, -0.2) is 9.59 Å². The van der Waals surface area contributed by atoms with E-state index in [1.54, 1.807) is 18.2 Å². The maximum Gasteiger partial charge on any atom is 0.408 e. The highest BCUT2D eigenvalue weighted by Gasteiger charge is 2.46. The number of hydrogen-bond acceptors (Lipinski definition) is 11. The maximum atomic E-state index is 12.8. The zero-order valence-electron chi connectivity index (χ0n) is 24.0. The molecule has 0 saturated carbocycles. The van der Waals surface area contributed by atoms with Crippen LogP contribution in [0.4, 0.5) is 9.59 Å². The summed E-state index contributed by atoms with van der Waals surface area (Å²) in [6, 6.07) is 0. The third-order valence-electron chi connectivity index (χ3n) is 6.79. The number of aliphatic hydroxyl groups is 2. The van der Waals surface area contributed by atoms with Gasteiger partial charge in [-0.1, -0.05) is 26.8 Å². The molecule has 12 heteroatoms. The van der Waals surface area contributed by atoms with Gasteiger partial charge in [-0.3, -0.25) is 0 Å². The van der Waals surface area contributed by atoms with Gasteiger partial charge < -0.3 is 44.0 Å². The van der Waals surface area contributed by atoms with Crippen LogP contribution in [0.5, 0.6) is 0 Å². The molecule has 1 amide bonds. The number of rotatable bonds is 3. The van der Waals surface area contributed by atoms with Gasteiger partial charge >= 0.3 is 11.4 Å². The normalized spacial score (nSPS) is 37.5. The van der Waals surface area contributed by atoms with Gasteiger partial charge in [0.1, 0.15) is 19.0 Å². The number of thioether (sulfide) groups is 1. The lowest BCUT2D eigenvalue weighted by Crippen LogP contribution is -2.45. The Balaban J connectivity index is 1.54. The minimum atomic E-state index is -0.957. The number of alkyl carbamates (subject to hydrolysis) is 1. The van der Waals surface area contributed by atoms with Crippen LogP contribution in [0.25, 0.3) is 0 Å². The smallest absolute Gasteiger partial charge is 0.408 e. The van der Waals surface area contributed by atoms with Gasteiger partial charge in [-0.05, 0) is 44.7 Å². The van der Waals surface area contributed by atoms with E-state index in [-0.39, 0.29) is 30.5 Å². The molecular formula is C28H43NO10S. The van der Waals surface area contributed by atoms with Gasteiger partial charge in [0.25, 0.3) is 0 Å². The minimum absolute atomic E-state index is 0.0946. The van der Waals surface area contributed by atoms with Crippen molar-refractivity contribution in [3.63, 3.8) is 0 Å². The Hall–Kier alpha value is -1.67. The highest BCUT2D eigenvalue weighted by atomic mass is 32.2. The molecule has 2 fully saturated rings. The Morgan fingerprint density at radius 3 is 2.15 bits per heavy atom. The molecule has 0 aromatic rings. The van der Waals surface area contributed by atoms with Gasteiger partial charge in [0.15, 0.2) is 6.29 Å². The summed E-state index contributed by atoms with van der Waals surface area (Å²) in [6.45, 7) is 11.4. The van der Waals surface area contributed by atoms with Crippen molar-refractivity contribution in [3.05, 3.63) is 23.8 Å². The lowest BCUT2D eigenvalue weighted by molar-refractivity contribution is -0.0630. The van der Waals surface area contributed by atoms with Crippen LogP contribution in [0.3, 0.4) is 0 Å². The van der Waals surface area contributed by atoms with Crippen molar-refractivity contribution in [1.82, 2.24) is 5.32 Å². The van der Waals surface area contributed by atoms with E-state index in [0.717, 1.165) is 11.8 Å². The lowest BCUT2D eigenvalue weighted by atomic mass is 9.92. The second-order valence-corrected chi connectivity index (χ2v) is 14.5. The molecule has 0 aromatic carbocycles. The van der Waals surface area contributed by atoms with Gasteiger partial charge in [-0.15, -0.1) is 0 Å². The number of ether oxygens (including phenoxy) is 6. The fourth-order valence-corrected chi connectivity index (χ4v) is 5.79. The average Bonchev–Trinajstić information content (AvgIpc) is 3.36. The molecule has 0 radical (unpaired) electrons. The zero-order chi connectivity index (χ0) is 29.2. The molecule has 4 aliphatic rings. The van der Waals surface area contributed by atoms with Crippen LogP contribution in [0.15, 0.2) is 23.8 Å². The van der Waals surface area contributed by atoms with Gasteiger partial charge in [0.2, 0.25) is 0 Å². The summed E-state index contributed by atoms with van der Waals surface area (Å²) in [7, 11) is 0. The van der Waals surface area contributed by atoms with E-state index in [1.165, 1.54) is 0 Å². The van der Waals surface area contributed by atoms with Crippen molar-refractivity contribution in [3.8, 4) is 0 Å². The van der Waals surface area contributed by atoms with Crippen molar-refractivity contribution < 1.29 is 48.2 Å². The minimum Gasteiger partial charge on any atom is -0.450 e. The van der Waals surface area contributed by atoms with Crippen LogP contribution >= 0.6 is 11.8 Å². The Morgan fingerprint density at radius 1 is 0.875 bits per heavy atom. The summed E-state index contributed by atoms with van der Waals surface area (Å²) in [5.41, 5.74) is -0.0684. The topological polar surface area (TPSA) is 142 Å². The predicted octanol–water partition coefficient (Wildman–Crippen LogP) is 3.56. The number of fused-ring (bicyclic) bond motifs is 2. The van der Waals surface area contributed by atoms with Crippen molar-refractivity contribution in [2.75, 3.05) is 6.79 Å². The van der Waals surface area contributed by atoms with Crippen molar-refractivity contribution in [1.29, 1.82) is 0 Å². The standard InChI is InChI=1S/C28H43NO10S/c1-27(2,3)29-25(32)39-19-13-21-20(34-14-35-21)11-16(31)9-18(19)24-37-22-10-15(30)7-8-17(12-23(22)38-24)36-26(33)40-28(4,5)6/h7-9,15-17,19-24,30-31H,10-14H2,1-6H3,(H,29,32)/b8-7+,18-9?. The highest BCUT2D eigenvalue weighted by molar-refractivity contribution is 8.14. The molecule has 0 spiro atoms. The molecule has 11 nitrogen and oxygen atoms in total. The summed E-state index contributed by atoms with van der Waals surface area (Å²) in [5, 5.41) is 23.8. The molecule has 9 atom stereocenters. The second-order valence-electron chi connectivity index (χ2n) is 12.7. The fourth-order valence-electron chi connectivity index (χ4n) is 5.12. The van der Waals surface area contributed by atoms with Crippen LogP contribution < -0.4 is 5.32 Å². The molecule has 2 saturated heterocycles. The van der Waals surface area contributed by atoms with E-state index in [0.29, 0.717) is 18.4 Å². The largest absolute Gasteiger partial charge is 0.450 e. The van der Waals surface area contributed by atoms with Crippen LogP contribution in [0, 0.1) is 0 Å². The van der Waals surface area contributed by atoms with E-state index < -0.39 is 66.0 Å². The first kappa shape index (κ1) is 31.3. The number of amides is 1. The van der Waals surface area contributed by atoms with Gasteiger partial charge in [0, 0.05) is 41.5 Å².